The van der Waals surface area contributed by atoms with E-state index in [4.69, 9.17) is 9.84 Å². The normalized spacial score (nSPS) is 11.3. The molecule has 0 radical (unpaired) electrons. The van der Waals surface area contributed by atoms with Crippen LogP contribution < -0.4 is 0 Å². The number of aliphatic hydroxyl groups excluding tert-OH is 1. The minimum atomic E-state index is -0.0601. The van der Waals surface area contributed by atoms with Crippen molar-refractivity contribution in [2.45, 2.75) is 39.3 Å². The molecule has 0 aliphatic heterocycles. The lowest BCUT2D eigenvalue weighted by molar-refractivity contribution is 0.194. The molecule has 5 heteroatoms. The van der Waals surface area contributed by atoms with E-state index < -0.39 is 0 Å². The van der Waals surface area contributed by atoms with E-state index in [0.717, 1.165) is 25.3 Å². The first-order chi connectivity index (χ1) is 7.20. The number of aryl methyl sites for hydroxylation is 1. The molecule has 0 aliphatic rings. The summed E-state index contributed by atoms with van der Waals surface area (Å²) in [7, 11) is 1.69. The quantitative estimate of drug-likeness (QED) is 0.714. The van der Waals surface area contributed by atoms with Crippen LogP contribution in [-0.4, -0.2) is 33.6 Å². The van der Waals surface area contributed by atoms with Gasteiger partial charge in [0.15, 0.2) is 5.82 Å². The van der Waals surface area contributed by atoms with Crippen molar-refractivity contribution in [1.29, 1.82) is 0 Å². The molecule has 15 heavy (non-hydrogen) atoms. The summed E-state index contributed by atoms with van der Waals surface area (Å²) in [5.41, 5.74) is 0. The Labute approximate surface area is 90.1 Å². The second-order valence-corrected chi connectivity index (χ2v) is 3.75. The first-order valence-electron chi connectivity index (χ1n) is 5.23. The topological polar surface area (TPSA) is 60.2 Å². The Morgan fingerprint density at radius 2 is 2.00 bits per heavy atom. The largest absolute Gasteiger partial charge is 0.388 e. The summed E-state index contributed by atoms with van der Waals surface area (Å²) in [6, 6.07) is 0.277. The van der Waals surface area contributed by atoms with Crippen LogP contribution in [0.15, 0.2) is 0 Å². The van der Waals surface area contributed by atoms with Gasteiger partial charge in [-0.15, -0.1) is 10.2 Å². The predicted molar refractivity (Wildman–Crippen MR) is 56.5 cm³/mol. The summed E-state index contributed by atoms with van der Waals surface area (Å²) < 4.78 is 6.97. The minimum Gasteiger partial charge on any atom is -0.388 e. The van der Waals surface area contributed by atoms with Crippen molar-refractivity contribution < 1.29 is 9.84 Å². The van der Waals surface area contributed by atoms with Gasteiger partial charge in [-0.25, -0.2) is 0 Å². The van der Waals surface area contributed by atoms with Gasteiger partial charge < -0.3 is 14.4 Å². The van der Waals surface area contributed by atoms with Crippen molar-refractivity contribution in [3.05, 3.63) is 11.6 Å². The molecule has 1 N–H and O–H groups in total. The van der Waals surface area contributed by atoms with E-state index in [0.29, 0.717) is 5.82 Å². The molecular formula is C10H19N3O2. The second-order valence-electron chi connectivity index (χ2n) is 3.75. The molecule has 0 spiro atoms. The van der Waals surface area contributed by atoms with Crippen molar-refractivity contribution >= 4 is 0 Å². The third-order valence-corrected chi connectivity index (χ3v) is 2.24. The van der Waals surface area contributed by atoms with Crippen LogP contribution in [0, 0.1) is 0 Å². The van der Waals surface area contributed by atoms with Crippen LogP contribution >= 0.6 is 0 Å². The predicted octanol–water partition coefficient (Wildman–Crippen LogP) is 0.930. The van der Waals surface area contributed by atoms with Crippen LogP contribution in [0.5, 0.6) is 0 Å². The van der Waals surface area contributed by atoms with E-state index in [1.165, 1.54) is 0 Å². The highest BCUT2D eigenvalue weighted by molar-refractivity contribution is 4.97. The average molecular weight is 213 g/mol. The molecular weight excluding hydrogens is 194 g/mol. The molecule has 0 atom stereocenters. The van der Waals surface area contributed by atoms with E-state index in [9.17, 15) is 0 Å². The maximum absolute atomic E-state index is 9.10. The van der Waals surface area contributed by atoms with Crippen LogP contribution in [-0.2, 0) is 17.8 Å². The molecule has 1 aromatic heterocycles. The van der Waals surface area contributed by atoms with Crippen LogP contribution in [0.25, 0.3) is 0 Å². The number of hydrogen-bond acceptors (Lipinski definition) is 4. The smallest absolute Gasteiger partial charge is 0.159 e. The molecule has 0 amide bonds. The molecule has 1 heterocycles. The molecule has 0 aromatic carbocycles. The van der Waals surface area contributed by atoms with Crippen LogP contribution in [0.3, 0.4) is 0 Å². The highest BCUT2D eigenvalue weighted by Gasteiger charge is 2.13. The first kappa shape index (κ1) is 12.1. The highest BCUT2D eigenvalue weighted by atomic mass is 16.5. The summed E-state index contributed by atoms with van der Waals surface area (Å²) in [5.74, 6) is 1.56. The molecule has 0 unspecified atom stereocenters. The van der Waals surface area contributed by atoms with Gasteiger partial charge in [0.25, 0.3) is 0 Å². The lowest BCUT2D eigenvalue weighted by Gasteiger charge is -2.12. The summed E-state index contributed by atoms with van der Waals surface area (Å²) >= 11 is 0. The van der Waals surface area contributed by atoms with Gasteiger partial charge in [0, 0.05) is 26.2 Å². The SMILES string of the molecule is COCCCc1nnc(CO)n1C(C)C. The molecule has 0 saturated carbocycles. The van der Waals surface area contributed by atoms with Crippen molar-refractivity contribution in [2.75, 3.05) is 13.7 Å². The van der Waals surface area contributed by atoms with Crippen molar-refractivity contribution in [3.63, 3.8) is 0 Å². The van der Waals surface area contributed by atoms with Gasteiger partial charge in [-0.1, -0.05) is 0 Å². The molecule has 5 nitrogen and oxygen atoms in total. The van der Waals surface area contributed by atoms with E-state index in [-0.39, 0.29) is 12.6 Å². The maximum Gasteiger partial charge on any atom is 0.159 e. The standard InChI is InChI=1S/C10H19N3O2/c1-8(2)13-9(5-4-6-15-3)11-12-10(13)7-14/h8,14H,4-7H2,1-3H3. The lowest BCUT2D eigenvalue weighted by atomic mass is 10.3. The molecule has 0 aliphatic carbocycles. The van der Waals surface area contributed by atoms with Gasteiger partial charge in [0.2, 0.25) is 0 Å². The van der Waals surface area contributed by atoms with Crippen LogP contribution in [0.1, 0.15) is 38.0 Å². The number of hydrogen-bond donors (Lipinski definition) is 1. The Kier molecular flexibility index (Phi) is 4.71. The second kappa shape index (κ2) is 5.82. The molecule has 1 aromatic rings. The number of rotatable bonds is 6. The van der Waals surface area contributed by atoms with E-state index in [2.05, 4.69) is 24.0 Å². The molecule has 86 valence electrons. The van der Waals surface area contributed by atoms with Gasteiger partial charge >= 0.3 is 0 Å². The summed E-state index contributed by atoms with van der Waals surface area (Å²) in [6.45, 7) is 4.78. The zero-order chi connectivity index (χ0) is 11.3. The number of methoxy groups -OCH3 is 1. The van der Waals surface area contributed by atoms with Gasteiger partial charge in [-0.05, 0) is 20.3 Å². The fourth-order valence-electron chi connectivity index (χ4n) is 1.61. The number of aliphatic hydroxyl groups is 1. The Hall–Kier alpha value is -0.940. The summed E-state index contributed by atoms with van der Waals surface area (Å²) in [6.07, 6.45) is 1.76. The Morgan fingerprint density at radius 1 is 1.33 bits per heavy atom. The molecule has 0 bridgehead atoms. The number of nitrogens with zero attached hydrogens (tertiary/aromatic N) is 3. The van der Waals surface area contributed by atoms with Crippen LogP contribution in [0.2, 0.25) is 0 Å². The average Bonchev–Trinajstić information content (AvgIpc) is 2.61. The van der Waals surface area contributed by atoms with E-state index in [1.807, 2.05) is 4.57 Å². The lowest BCUT2D eigenvalue weighted by Crippen LogP contribution is -2.11. The van der Waals surface area contributed by atoms with E-state index in [1.54, 1.807) is 7.11 Å². The monoisotopic (exact) mass is 213 g/mol. The van der Waals surface area contributed by atoms with E-state index >= 15 is 0 Å². The number of ether oxygens (including phenoxy) is 1. The fourth-order valence-corrected chi connectivity index (χ4v) is 1.61. The van der Waals surface area contributed by atoms with Gasteiger partial charge in [-0.3, -0.25) is 0 Å². The molecule has 1 rings (SSSR count). The molecule has 0 fully saturated rings. The van der Waals surface area contributed by atoms with Crippen molar-refractivity contribution in [1.82, 2.24) is 14.8 Å². The highest BCUT2D eigenvalue weighted by Crippen LogP contribution is 2.12. The third-order valence-electron chi connectivity index (χ3n) is 2.24. The molecule has 0 saturated heterocycles. The Bertz CT molecular complexity index is 297. The zero-order valence-corrected chi connectivity index (χ0v) is 9.60. The summed E-state index contributed by atoms with van der Waals surface area (Å²) in [5, 5.41) is 17.1. The van der Waals surface area contributed by atoms with Crippen molar-refractivity contribution in [2.24, 2.45) is 0 Å². The van der Waals surface area contributed by atoms with Gasteiger partial charge in [-0.2, -0.15) is 0 Å². The zero-order valence-electron chi connectivity index (χ0n) is 9.60. The fraction of sp³-hybridized carbons (Fsp3) is 0.800. The Balaban J connectivity index is 2.73. The van der Waals surface area contributed by atoms with Crippen LogP contribution in [0.4, 0.5) is 0 Å². The summed E-state index contributed by atoms with van der Waals surface area (Å²) in [4.78, 5) is 0. The minimum absolute atomic E-state index is 0.0601. The van der Waals surface area contributed by atoms with Gasteiger partial charge in [0.05, 0.1) is 0 Å². The maximum atomic E-state index is 9.10. The van der Waals surface area contributed by atoms with Crippen molar-refractivity contribution in [3.8, 4) is 0 Å². The number of aromatic nitrogens is 3. The first-order valence-corrected chi connectivity index (χ1v) is 5.23. The Morgan fingerprint density at radius 3 is 2.53 bits per heavy atom. The van der Waals surface area contributed by atoms with Gasteiger partial charge in [0.1, 0.15) is 12.4 Å². The third kappa shape index (κ3) is 3.00.